The van der Waals surface area contributed by atoms with Crippen LogP contribution in [-0.4, -0.2) is 311 Å². The monoisotopic (exact) mass is 2040 g/mol. The molecule has 5 saturated heterocycles. The number of carbonyl (C=O) groups is 9. The van der Waals surface area contributed by atoms with Crippen LogP contribution in [0.4, 0.5) is 0 Å². The smallest absolute Gasteiger partial charge is 0.303 e. The first-order valence-electron chi connectivity index (χ1n) is 57.5. The fraction of sp³-hybridized carbons (Fsp3) is 0.798. The molecular formula is C114H201N13O18. The van der Waals surface area contributed by atoms with Gasteiger partial charge in [0.2, 0.25) is 47.3 Å². The minimum Gasteiger partial charge on any atom is -0.481 e. The number of rotatable bonds is 79. The molecule has 5 fully saturated rings. The molecule has 0 bridgehead atoms. The van der Waals surface area contributed by atoms with Crippen LogP contribution in [0, 0.1) is 0 Å². The lowest BCUT2D eigenvalue weighted by Gasteiger charge is -2.34. The van der Waals surface area contributed by atoms with Crippen LogP contribution in [0.3, 0.4) is 0 Å². The number of aromatic nitrogens is 1. The Morgan fingerprint density at radius 3 is 0.959 bits per heavy atom. The maximum Gasteiger partial charge on any atom is 0.303 e. The molecule has 16 atom stereocenters. The SMILES string of the molecule is CCCCCCCCCCC(O)CN(CCCCC1NC(=O)C(CCC(=O)O)NC1=O)CC(C)O.CCCCCCCCCCC(O)CN(CCCCC1NC(=O)C(Cc2c[nH]c3ccccc23)NC1=O)CC(C)O.CCCCCCCCCCC(O)CN(CCCCC1NC(=O)C(Cc2ccccc2)NC1=O)CC(C)O.CCCCCCCCCCC(O)CN(CCCCC1NC(=O)C2CCCN2C1=O)CC(C)O. The maximum absolute atomic E-state index is 12.8. The second-order valence-corrected chi connectivity index (χ2v) is 42.9. The highest BCUT2D eigenvalue weighted by atomic mass is 16.4. The van der Waals surface area contributed by atoms with Gasteiger partial charge in [0.05, 0.1) is 48.8 Å². The number of amides is 8. The second kappa shape index (κ2) is 78.0. The Kier molecular flexibility index (Phi) is 68.9. The van der Waals surface area contributed by atoms with Crippen molar-refractivity contribution >= 4 is 64.1 Å². The van der Waals surface area contributed by atoms with E-state index in [1.54, 1.807) is 32.6 Å². The fourth-order valence-corrected chi connectivity index (χ4v) is 20.7. The minimum absolute atomic E-state index is 0.00286. The Morgan fingerprint density at radius 1 is 0.331 bits per heavy atom. The summed E-state index contributed by atoms with van der Waals surface area (Å²) in [6, 6.07) is 13.5. The number of aliphatic hydroxyl groups is 8. The van der Waals surface area contributed by atoms with Crippen molar-refractivity contribution in [2.75, 3.05) is 85.1 Å². The van der Waals surface area contributed by atoms with Gasteiger partial charge in [-0.2, -0.15) is 0 Å². The van der Waals surface area contributed by atoms with Gasteiger partial charge >= 0.3 is 5.97 Å². The third-order valence-electron chi connectivity index (χ3n) is 28.7. The molecule has 1 aromatic heterocycles. The number of aliphatic carboxylic acids is 1. The van der Waals surface area contributed by atoms with Crippen LogP contribution in [0.2, 0.25) is 0 Å². The number of hydrogen-bond donors (Lipinski definition) is 17. The molecular weight excluding hydrogens is 1840 g/mol. The zero-order valence-electron chi connectivity index (χ0n) is 90.8. The van der Waals surface area contributed by atoms with Crippen LogP contribution in [0.15, 0.2) is 60.8 Å². The number of hydrogen-bond acceptors (Lipinski definition) is 21. The topological polar surface area (TPSA) is 452 Å². The molecule has 8 amide bonds. The van der Waals surface area contributed by atoms with Gasteiger partial charge in [-0.05, 0) is 193 Å². The summed E-state index contributed by atoms with van der Waals surface area (Å²) in [6.07, 6.45) is 52.8. The Labute approximate surface area is 871 Å². The Morgan fingerprint density at radius 2 is 0.621 bits per heavy atom. The van der Waals surface area contributed by atoms with Crippen molar-refractivity contribution in [1.29, 1.82) is 0 Å². The lowest BCUT2D eigenvalue weighted by molar-refractivity contribution is -0.147. The number of aromatic amines is 1. The molecule has 2 aromatic carbocycles. The van der Waals surface area contributed by atoms with Crippen molar-refractivity contribution in [3.8, 4) is 0 Å². The summed E-state index contributed by atoms with van der Waals surface area (Å²) in [5.41, 5.74) is 3.05. The van der Waals surface area contributed by atoms with Crippen LogP contribution in [0.5, 0.6) is 0 Å². The molecule has 17 N–H and O–H groups in total. The number of carboxylic acids is 1. The average Bonchev–Trinajstić information content (AvgIpc) is 1.67. The van der Waals surface area contributed by atoms with Gasteiger partial charge in [0.25, 0.3) is 0 Å². The standard InChI is InChI=1S/C32H52N4O4.C30H51N3O4.C26H49N3O6.C26H49N3O4/c1-3-4-5-6-7-8-9-10-15-26(38)23-36(22-24(2)37)19-14-13-18-29-31(39)35-30(32(40)34-29)20-25-21-33-28-17-12-11-16-27(25)28;1-3-4-5-6-7-8-9-13-18-26(35)23-33(22-24(2)34)20-15-14-19-27-29(36)32-28(30(37)31-27)21-25-16-11-10-12-17-25;1-3-4-5-6-7-8-9-10-13-21(31)19-29(18-20(2)30)17-12-11-14-22-25(34)28-23(26(35)27-22)15-16-24(32)33;1-3-4-5-6-7-8-9-10-14-22(31)20-28(19-21(2)30)17-12-11-15-23-26(33)29-18-13-16-24(29)25(32)27-23/h11-12,16-17,21,24,26,29-30,33,37-38H,3-10,13-15,18-20,22-23H2,1-2H3,(H,34,40)(H,35,39);10-12,16-17,24,26-28,34-35H,3-9,13-15,18-23H2,1-2H3,(H,31,37)(H,32,36);20-23,30-31H,3-19H2,1-2H3,(H,27,35)(H,28,34)(H,32,33);21-24,30-31H,3-20H2,1-2H3,(H,27,32). The number of carboxylic acid groups (broad SMARTS) is 1. The predicted octanol–water partition coefficient (Wildman–Crippen LogP) is 14.2. The minimum atomic E-state index is -1.00. The Balaban J connectivity index is 0.000000341. The van der Waals surface area contributed by atoms with Crippen LogP contribution in [-0.2, 0) is 56.0 Å². The molecule has 8 rings (SSSR count). The van der Waals surface area contributed by atoms with E-state index in [-0.39, 0.29) is 78.3 Å². The highest BCUT2D eigenvalue weighted by molar-refractivity contribution is 5.99. The van der Waals surface area contributed by atoms with Crippen molar-refractivity contribution in [3.05, 3.63) is 71.9 Å². The first-order valence-corrected chi connectivity index (χ1v) is 57.5. The summed E-state index contributed by atoms with van der Waals surface area (Å²) < 4.78 is 0. The van der Waals surface area contributed by atoms with E-state index in [1.165, 1.54) is 167 Å². The quantitative estimate of drug-likeness (QED) is 0.0233. The largest absolute Gasteiger partial charge is 0.481 e. The van der Waals surface area contributed by atoms with Crippen LogP contribution < -0.4 is 37.2 Å². The van der Waals surface area contributed by atoms with Gasteiger partial charge in [-0.1, -0.05) is 282 Å². The number of aliphatic hydroxyl groups excluding tert-OH is 8. The molecule has 0 spiro atoms. The van der Waals surface area contributed by atoms with E-state index < -0.39 is 84.9 Å². The van der Waals surface area contributed by atoms with Crippen molar-refractivity contribution in [2.24, 2.45) is 0 Å². The van der Waals surface area contributed by atoms with Crippen molar-refractivity contribution < 1.29 is 89.1 Å². The number of para-hydroxylation sites is 1. The number of unbranched alkanes of at least 4 members (excludes halogenated alkanes) is 32. The van der Waals surface area contributed by atoms with Gasteiger partial charge < -0.3 is 93.1 Å². The molecule has 0 radical (unpaired) electrons. The third kappa shape index (κ3) is 57.5. The molecule has 830 valence electrons. The van der Waals surface area contributed by atoms with E-state index in [2.05, 4.69) is 89.5 Å². The molecule has 16 unspecified atom stereocenters. The molecule has 6 heterocycles. The Bertz CT molecular complexity index is 3940. The van der Waals surface area contributed by atoms with Gasteiger partial charge in [-0.25, -0.2) is 0 Å². The number of nitrogens with one attached hydrogen (secondary N) is 8. The van der Waals surface area contributed by atoms with Crippen LogP contribution in [0.25, 0.3) is 10.9 Å². The van der Waals surface area contributed by atoms with E-state index in [0.29, 0.717) is 110 Å². The Hall–Kier alpha value is -7.27. The highest BCUT2D eigenvalue weighted by Crippen LogP contribution is 2.27. The summed E-state index contributed by atoms with van der Waals surface area (Å²) in [5.74, 6) is -2.08. The molecule has 5 aliphatic heterocycles. The van der Waals surface area contributed by atoms with Crippen molar-refractivity contribution in [3.63, 3.8) is 0 Å². The van der Waals surface area contributed by atoms with E-state index in [4.69, 9.17) is 5.11 Å². The van der Waals surface area contributed by atoms with Gasteiger partial charge in [0, 0.05) is 95.3 Å². The van der Waals surface area contributed by atoms with E-state index in [1.807, 2.05) is 60.8 Å². The highest BCUT2D eigenvalue weighted by Gasteiger charge is 2.43. The van der Waals surface area contributed by atoms with E-state index in [9.17, 15) is 84.0 Å². The lowest BCUT2D eigenvalue weighted by Crippen LogP contribution is -2.62. The second-order valence-electron chi connectivity index (χ2n) is 42.9. The van der Waals surface area contributed by atoms with Gasteiger partial charge in [0.1, 0.15) is 48.3 Å². The molecule has 145 heavy (non-hydrogen) atoms. The number of nitrogens with zero attached hydrogens (tertiary/aromatic N) is 5. The van der Waals surface area contributed by atoms with Gasteiger partial charge in [0.15, 0.2) is 0 Å². The van der Waals surface area contributed by atoms with Gasteiger partial charge in [-0.3, -0.25) is 62.8 Å². The summed E-state index contributed by atoms with van der Waals surface area (Å²) in [6.45, 7) is 23.9. The molecule has 0 saturated carbocycles. The molecule has 0 aliphatic carbocycles. The molecule has 5 aliphatic rings. The van der Waals surface area contributed by atoms with Crippen molar-refractivity contribution in [2.45, 2.75) is 499 Å². The summed E-state index contributed by atoms with van der Waals surface area (Å²) >= 11 is 0. The molecule has 3 aromatic rings. The number of H-pyrrole nitrogens is 1. The lowest BCUT2D eigenvalue weighted by atomic mass is 9.99. The first kappa shape index (κ1) is 128. The fourth-order valence-electron chi connectivity index (χ4n) is 20.7. The number of benzene rings is 2. The first-order chi connectivity index (χ1) is 69.9. The zero-order chi connectivity index (χ0) is 106. The maximum atomic E-state index is 12.8. The predicted molar refractivity (Wildman–Crippen MR) is 578 cm³/mol. The van der Waals surface area contributed by atoms with Crippen LogP contribution in [0.1, 0.15) is 400 Å². The zero-order valence-corrected chi connectivity index (χ0v) is 90.8. The number of fused-ring (bicyclic) bond motifs is 2. The summed E-state index contributed by atoms with van der Waals surface area (Å²) in [5, 5.41) is 111. The normalized spacial score (nSPS) is 20.2. The van der Waals surface area contributed by atoms with Crippen molar-refractivity contribution in [1.82, 2.24) is 66.7 Å². The summed E-state index contributed by atoms with van der Waals surface area (Å²) in [7, 11) is 0. The van der Waals surface area contributed by atoms with Gasteiger partial charge in [-0.15, -0.1) is 0 Å². The average molecular weight is 2040 g/mol. The molecule has 31 nitrogen and oxygen atoms in total. The van der Waals surface area contributed by atoms with E-state index >= 15 is 0 Å². The number of carbonyl (C=O) groups excluding carboxylic acids is 8. The van der Waals surface area contributed by atoms with E-state index in [0.717, 1.165) is 164 Å². The molecule has 31 heteroatoms. The summed E-state index contributed by atoms with van der Waals surface area (Å²) in [4.78, 5) is 124. The van der Waals surface area contributed by atoms with Crippen LogP contribution >= 0.6 is 0 Å². The number of piperazine rings is 4. The third-order valence-corrected chi connectivity index (χ3v) is 28.7.